The monoisotopic (exact) mass is 732 g/mol. The van der Waals surface area contributed by atoms with Crippen LogP contribution in [0.1, 0.15) is 81.3 Å². The van der Waals surface area contributed by atoms with Gasteiger partial charge >= 0.3 is 0 Å². The topological polar surface area (TPSA) is 158 Å². The largest absolute Gasteiger partial charge is 0.379 e. The van der Waals surface area contributed by atoms with Crippen molar-refractivity contribution in [1.29, 1.82) is 0 Å². The predicted molar refractivity (Wildman–Crippen MR) is 198 cm³/mol. The normalized spacial score (nSPS) is 26.2. The smallest absolute Gasteiger partial charge is 0.243 e. The van der Waals surface area contributed by atoms with Crippen LogP contribution < -0.4 is 21.3 Å². The van der Waals surface area contributed by atoms with E-state index in [0.29, 0.717) is 16.0 Å². The molecule has 4 amide bonds. The van der Waals surface area contributed by atoms with Crippen LogP contribution in [-0.4, -0.2) is 103 Å². The van der Waals surface area contributed by atoms with Gasteiger partial charge in [0.1, 0.15) is 23.7 Å². The summed E-state index contributed by atoms with van der Waals surface area (Å²) < 4.78 is 110. The molecule has 2 fully saturated rings. The summed E-state index contributed by atoms with van der Waals surface area (Å²) in [5, 5.41) is 9.66. The van der Waals surface area contributed by atoms with Crippen LogP contribution in [0.4, 0.5) is 0 Å². The Hall–Kier alpha value is -4.13. The van der Waals surface area contributed by atoms with Crippen LogP contribution in [0.2, 0.25) is 0 Å². The zero-order valence-electron chi connectivity index (χ0n) is 41.8. The number of aryl methyl sites for hydroxylation is 1. The van der Waals surface area contributed by atoms with Crippen LogP contribution in [0.5, 0.6) is 0 Å². The first-order valence-corrected chi connectivity index (χ1v) is 17.3. The van der Waals surface area contributed by atoms with E-state index >= 15 is 0 Å². The van der Waals surface area contributed by atoms with E-state index in [4.69, 9.17) is 25.9 Å². The van der Waals surface area contributed by atoms with Crippen molar-refractivity contribution in [2.24, 2.45) is 11.8 Å². The first-order valence-electron chi connectivity index (χ1n) is 23.3. The minimum Gasteiger partial charge on any atom is -0.379 e. The van der Waals surface area contributed by atoms with E-state index < -0.39 is 118 Å². The number of nitrogens with one attached hydrogen (secondary N) is 4. The quantitative estimate of drug-likeness (QED) is 0.152. The fraction of sp³-hybridized carbons (Fsp3) is 0.575. The molecule has 12 heteroatoms. The van der Waals surface area contributed by atoms with E-state index in [1.54, 1.807) is 74.5 Å². The highest BCUT2D eigenvalue weighted by Gasteiger charge is 2.50. The summed E-state index contributed by atoms with van der Waals surface area (Å²) in [6.45, 7) is -9.13. The molecule has 5 atom stereocenters. The highest BCUT2D eigenvalue weighted by Crippen LogP contribution is 2.29. The predicted octanol–water partition coefficient (Wildman–Crippen LogP) is 2.58. The number of Topliss-reactive ketones (excluding diaryl/α,β-unsaturated/α-hetero) is 1. The third-order valence-electron chi connectivity index (χ3n) is 8.41. The van der Waals surface area contributed by atoms with Gasteiger partial charge in [0.2, 0.25) is 23.6 Å². The van der Waals surface area contributed by atoms with Crippen molar-refractivity contribution in [3.63, 3.8) is 0 Å². The molecular weight excluding hydrogens is 662 g/mol. The standard InChI is InChI=1S/C40H57N5O7/c1-27(2)22-32(36(47)40(5)26-52-40)42-39(50)34(24-30-14-10-7-11-15-30)44-38(49)33(23-28(3)4)43-37(48)31(17-16-29-12-8-6-9-13-29)41-35(46)25-45-18-20-51-21-19-45/h6-15,27-28,31-34H,16-26H2,1-5H3,(H,41,46)(H,42,50)(H,43,48)(H,44,49)/t31-,32+,33-,34-,40+/m0/s1/i3D3,4D3,18D2,19D2,28D,32D. The van der Waals surface area contributed by atoms with Crippen LogP contribution in [-0.2, 0) is 46.3 Å². The molecule has 12 nitrogen and oxygen atoms in total. The number of rotatable bonds is 20. The van der Waals surface area contributed by atoms with Gasteiger partial charge in [0.15, 0.2) is 5.78 Å². The summed E-state index contributed by atoms with van der Waals surface area (Å²) in [4.78, 5) is 70.9. The van der Waals surface area contributed by atoms with Gasteiger partial charge in [0.25, 0.3) is 0 Å². The number of carbonyl (C=O) groups is 5. The maximum absolute atomic E-state index is 14.5. The van der Waals surface area contributed by atoms with Gasteiger partial charge in [0.05, 0.1) is 33.8 Å². The number of morpholine rings is 1. The van der Waals surface area contributed by atoms with E-state index in [0.717, 1.165) is 0 Å². The molecule has 284 valence electrons. The van der Waals surface area contributed by atoms with Crippen LogP contribution in [0, 0.1) is 11.8 Å². The molecule has 2 aliphatic heterocycles. The van der Waals surface area contributed by atoms with Crippen molar-refractivity contribution in [1.82, 2.24) is 26.2 Å². The summed E-state index contributed by atoms with van der Waals surface area (Å²) in [6, 6.07) is 9.16. The van der Waals surface area contributed by atoms with E-state index in [1.807, 2.05) is 0 Å². The highest BCUT2D eigenvalue weighted by molar-refractivity contribution is 5.98. The van der Waals surface area contributed by atoms with Crippen molar-refractivity contribution in [3.8, 4) is 0 Å². The Morgan fingerprint density at radius 1 is 0.827 bits per heavy atom. The van der Waals surface area contributed by atoms with Crippen LogP contribution >= 0.6 is 0 Å². The lowest BCUT2D eigenvalue weighted by molar-refractivity contribution is -0.135. The van der Waals surface area contributed by atoms with E-state index in [9.17, 15) is 24.0 Å². The third kappa shape index (κ3) is 13.1. The SMILES string of the molecule is [2H]C1([2H])COCC([2H])([2H])N1CC(=O)N[C@@H](CCc1ccccc1)C(=O)N[C@@H](CC([2H])(C([2H])([2H])[2H])C([2H])([2H])[2H])C(=O)N[C@@H](Cc1ccccc1)C(=O)N[C@]([2H])(CC(C)C)C(=O)[C@@]1(C)CO1. The number of carbonyl (C=O) groups excluding carboxylic acids is 5. The molecule has 4 rings (SSSR count). The third-order valence-corrected chi connectivity index (χ3v) is 8.41. The molecule has 0 radical (unpaired) electrons. The number of nitrogens with zero attached hydrogens (tertiary/aromatic N) is 1. The Balaban J connectivity index is 1.73. The number of amides is 4. The number of benzene rings is 2. The Bertz CT molecular complexity index is 1940. The zero-order valence-corrected chi connectivity index (χ0v) is 29.8. The van der Waals surface area contributed by atoms with Gasteiger partial charge in [-0.2, -0.15) is 0 Å². The number of ether oxygens (including phenoxy) is 2. The van der Waals surface area contributed by atoms with Gasteiger partial charge in [-0.05, 0) is 55.5 Å². The maximum Gasteiger partial charge on any atom is 0.243 e. The fourth-order valence-electron chi connectivity index (χ4n) is 5.49. The summed E-state index contributed by atoms with van der Waals surface area (Å²) in [5.74, 6) is -8.97. The molecule has 2 saturated heterocycles. The molecule has 2 aromatic carbocycles. The van der Waals surface area contributed by atoms with Crippen molar-refractivity contribution in [3.05, 3.63) is 71.8 Å². The molecule has 0 saturated carbocycles. The van der Waals surface area contributed by atoms with Gasteiger partial charge in [-0.1, -0.05) is 88.2 Å². The number of hydrogen-bond donors (Lipinski definition) is 4. The summed E-state index contributed by atoms with van der Waals surface area (Å²) in [5.41, 5.74) is -0.173. The average molecular weight is 732 g/mol. The average Bonchev–Trinajstić information content (AvgIpc) is 3.94. The molecule has 0 aliphatic carbocycles. The second kappa shape index (κ2) is 19.6. The first-order chi connectivity index (χ1) is 29.4. The second-order valence-corrected chi connectivity index (χ2v) is 13.4. The molecule has 52 heavy (non-hydrogen) atoms. The molecule has 0 aromatic heterocycles. The summed E-state index contributed by atoms with van der Waals surface area (Å²) in [7, 11) is 0. The molecule has 2 heterocycles. The number of hydrogen-bond acceptors (Lipinski definition) is 8. The highest BCUT2D eigenvalue weighted by atomic mass is 16.6. The molecule has 0 unspecified atom stereocenters. The van der Waals surface area contributed by atoms with Crippen molar-refractivity contribution >= 4 is 29.4 Å². The van der Waals surface area contributed by atoms with Gasteiger partial charge in [-0.3, -0.25) is 28.9 Å². The Kier molecular flexibility index (Phi) is 10.0. The molecule has 2 aromatic rings. The molecule has 2 aliphatic rings. The van der Waals surface area contributed by atoms with Crippen molar-refractivity contribution < 1.29 is 49.9 Å². The molecule has 4 N–H and O–H groups in total. The molecule has 0 bridgehead atoms. The minimum atomic E-state index is -3.58. The Morgan fingerprint density at radius 3 is 2.00 bits per heavy atom. The van der Waals surface area contributed by atoms with Gasteiger partial charge in [0, 0.05) is 34.5 Å². The number of ketones is 1. The van der Waals surface area contributed by atoms with Crippen LogP contribution in [0.15, 0.2) is 60.7 Å². The maximum atomic E-state index is 14.5. The minimum absolute atomic E-state index is 0.0122. The fourth-order valence-corrected chi connectivity index (χ4v) is 5.49. The summed E-state index contributed by atoms with van der Waals surface area (Å²) >= 11 is 0. The molecule has 0 spiro atoms. The van der Waals surface area contributed by atoms with Gasteiger partial charge in [-0.15, -0.1) is 0 Å². The first kappa shape index (κ1) is 26.6. The van der Waals surface area contributed by atoms with E-state index in [-0.39, 0.29) is 38.2 Å². The van der Waals surface area contributed by atoms with Crippen molar-refractivity contribution in [2.45, 2.75) is 96.3 Å². The second-order valence-electron chi connectivity index (χ2n) is 13.4. The lowest BCUT2D eigenvalue weighted by Gasteiger charge is -2.29. The zero-order chi connectivity index (χ0) is 48.1. The van der Waals surface area contributed by atoms with E-state index in [1.165, 1.54) is 6.92 Å². The Labute approximate surface area is 325 Å². The van der Waals surface area contributed by atoms with Gasteiger partial charge in [-0.25, -0.2) is 0 Å². The van der Waals surface area contributed by atoms with E-state index in [2.05, 4.69) is 21.3 Å². The van der Waals surface area contributed by atoms with Crippen LogP contribution in [0.3, 0.4) is 0 Å². The number of epoxide rings is 1. The van der Waals surface area contributed by atoms with Crippen molar-refractivity contribution in [2.75, 3.05) is 39.4 Å². The van der Waals surface area contributed by atoms with Gasteiger partial charge < -0.3 is 30.7 Å². The lowest BCUT2D eigenvalue weighted by atomic mass is 9.93. The summed E-state index contributed by atoms with van der Waals surface area (Å²) in [6.07, 6.45) is -1.87. The van der Waals surface area contributed by atoms with Crippen LogP contribution in [0.25, 0.3) is 0 Å². The molecular formula is C40H57N5O7. The Morgan fingerprint density at radius 2 is 1.40 bits per heavy atom. The lowest BCUT2D eigenvalue weighted by Crippen LogP contribution is -2.59.